The number of para-hydroxylation sites is 4. The van der Waals surface area contributed by atoms with Crippen molar-refractivity contribution in [1.29, 1.82) is 0 Å². The lowest BCUT2D eigenvalue weighted by Crippen LogP contribution is -1.93. The molecule has 5 nitrogen and oxygen atoms in total. The summed E-state index contributed by atoms with van der Waals surface area (Å²) in [5.74, 6) is 2.71. The predicted octanol–water partition coefficient (Wildman–Crippen LogP) is 6.95. The summed E-state index contributed by atoms with van der Waals surface area (Å²) in [6.07, 6.45) is 3.26. The maximum Gasteiger partial charge on any atom is 0.153 e. The Hall–Kier alpha value is -3.86. The van der Waals surface area contributed by atoms with Crippen LogP contribution in [0.2, 0.25) is 0 Å². The van der Waals surface area contributed by atoms with Gasteiger partial charge in [-0.25, -0.2) is 9.98 Å². The number of furan rings is 2. The first-order chi connectivity index (χ1) is 14.2. The smallest absolute Gasteiger partial charge is 0.153 e. The molecule has 144 valence electrons. The van der Waals surface area contributed by atoms with E-state index in [0.717, 1.165) is 22.9 Å². The highest BCUT2D eigenvalue weighted by Gasteiger charge is 2.10. The topological polar surface area (TPSA) is 60.2 Å². The highest BCUT2D eigenvalue weighted by atomic mass is 16.5. The van der Waals surface area contributed by atoms with E-state index in [1.807, 2.05) is 86.6 Å². The third-order valence-electron chi connectivity index (χ3n) is 4.28. The average Bonchev–Trinajstić information content (AvgIpc) is 3.45. The molecule has 0 atom stereocenters. The van der Waals surface area contributed by atoms with Crippen LogP contribution in [0.15, 0.2) is 104 Å². The molecule has 0 aliphatic heterocycles. The molecule has 2 aromatic carbocycles. The number of aliphatic imine (C=N–C) groups is 2. The van der Waals surface area contributed by atoms with Gasteiger partial charge in [-0.2, -0.15) is 0 Å². The Morgan fingerprint density at radius 3 is 1.48 bits per heavy atom. The van der Waals surface area contributed by atoms with Crippen molar-refractivity contribution in [2.24, 2.45) is 9.98 Å². The number of hydrogen-bond acceptors (Lipinski definition) is 5. The first-order valence-corrected chi connectivity index (χ1v) is 9.25. The Morgan fingerprint density at radius 1 is 0.621 bits per heavy atom. The van der Waals surface area contributed by atoms with Crippen molar-refractivity contribution >= 4 is 22.8 Å². The van der Waals surface area contributed by atoms with Crippen LogP contribution in [0.5, 0.6) is 11.5 Å². The van der Waals surface area contributed by atoms with Gasteiger partial charge in [-0.3, -0.25) is 0 Å². The maximum absolute atomic E-state index is 6.20. The van der Waals surface area contributed by atoms with Crippen LogP contribution in [0.1, 0.15) is 25.4 Å². The van der Waals surface area contributed by atoms with Crippen molar-refractivity contribution in [3.8, 4) is 11.5 Å². The molecule has 0 amide bonds. The summed E-state index contributed by atoms with van der Waals surface area (Å²) in [5.41, 5.74) is 2.96. The molecule has 4 rings (SSSR count). The summed E-state index contributed by atoms with van der Waals surface area (Å²) >= 11 is 0. The predicted molar refractivity (Wildman–Crippen MR) is 114 cm³/mol. The van der Waals surface area contributed by atoms with Gasteiger partial charge in [-0.1, -0.05) is 24.3 Å². The van der Waals surface area contributed by atoms with Crippen LogP contribution in [0.4, 0.5) is 11.4 Å². The fourth-order valence-electron chi connectivity index (χ4n) is 2.83. The van der Waals surface area contributed by atoms with Crippen molar-refractivity contribution < 1.29 is 13.6 Å². The van der Waals surface area contributed by atoms with E-state index in [9.17, 15) is 0 Å². The Balaban J connectivity index is 1.66. The molecule has 0 spiro atoms. The SMILES string of the molecule is CC(=Nc1ccccc1Oc1ccccc1N=C(C)c1ccco1)c1ccco1. The Bertz CT molecular complexity index is 1050. The van der Waals surface area contributed by atoms with Gasteiger partial charge in [0, 0.05) is 0 Å². The zero-order chi connectivity index (χ0) is 20.1. The van der Waals surface area contributed by atoms with Gasteiger partial charge in [0.25, 0.3) is 0 Å². The number of ether oxygens (including phenoxy) is 1. The van der Waals surface area contributed by atoms with Crippen LogP contribution < -0.4 is 4.74 Å². The van der Waals surface area contributed by atoms with Crippen molar-refractivity contribution in [1.82, 2.24) is 0 Å². The highest BCUT2D eigenvalue weighted by molar-refractivity contribution is 5.98. The van der Waals surface area contributed by atoms with Gasteiger partial charge >= 0.3 is 0 Å². The van der Waals surface area contributed by atoms with Gasteiger partial charge < -0.3 is 13.6 Å². The number of rotatable bonds is 6. The van der Waals surface area contributed by atoms with Gasteiger partial charge in [0.1, 0.15) is 22.9 Å². The molecule has 5 heteroatoms. The summed E-state index contributed by atoms with van der Waals surface area (Å²) in [7, 11) is 0. The lowest BCUT2D eigenvalue weighted by Gasteiger charge is -2.11. The van der Waals surface area contributed by atoms with Crippen molar-refractivity contribution in [3.63, 3.8) is 0 Å². The molecular formula is C24H20N2O3. The standard InChI is InChI=1S/C24H20N2O3/c1-17(21-13-7-15-27-21)25-19-9-3-5-11-23(19)29-24-12-6-4-10-20(24)26-18(2)22-14-8-16-28-22/h3-16H,1-2H3. The fourth-order valence-corrected chi connectivity index (χ4v) is 2.83. The van der Waals surface area contributed by atoms with Crippen LogP contribution in [0.3, 0.4) is 0 Å². The monoisotopic (exact) mass is 384 g/mol. The Kier molecular flexibility index (Phi) is 5.38. The van der Waals surface area contributed by atoms with Gasteiger partial charge in [0.15, 0.2) is 11.5 Å². The van der Waals surface area contributed by atoms with Gasteiger partial charge in [-0.05, 0) is 62.4 Å². The molecular weight excluding hydrogens is 364 g/mol. The van der Waals surface area contributed by atoms with Crippen LogP contribution in [-0.2, 0) is 0 Å². The summed E-state index contributed by atoms with van der Waals surface area (Å²) in [6, 6.07) is 22.7. The largest absolute Gasteiger partial charge is 0.463 e. The molecule has 2 heterocycles. The Morgan fingerprint density at radius 2 is 1.07 bits per heavy atom. The summed E-state index contributed by atoms with van der Waals surface area (Å²) in [5, 5.41) is 0. The minimum Gasteiger partial charge on any atom is -0.463 e. The third kappa shape index (κ3) is 4.35. The quantitative estimate of drug-likeness (QED) is 0.338. The van der Waals surface area contributed by atoms with Gasteiger partial charge in [0.05, 0.1) is 23.9 Å². The minimum absolute atomic E-state index is 0.636. The van der Waals surface area contributed by atoms with Crippen LogP contribution in [-0.4, -0.2) is 11.4 Å². The van der Waals surface area contributed by atoms with Crippen molar-refractivity contribution in [3.05, 3.63) is 96.8 Å². The molecule has 0 unspecified atom stereocenters. The lowest BCUT2D eigenvalue weighted by molar-refractivity contribution is 0.485. The molecule has 0 aliphatic carbocycles. The van der Waals surface area contributed by atoms with E-state index in [2.05, 4.69) is 9.98 Å². The van der Waals surface area contributed by atoms with E-state index in [4.69, 9.17) is 13.6 Å². The number of nitrogens with zero attached hydrogens (tertiary/aromatic N) is 2. The van der Waals surface area contributed by atoms with E-state index in [1.54, 1.807) is 12.5 Å². The second-order valence-corrected chi connectivity index (χ2v) is 6.39. The second-order valence-electron chi connectivity index (χ2n) is 6.39. The molecule has 0 saturated carbocycles. The summed E-state index contributed by atoms with van der Waals surface area (Å²) < 4.78 is 17.1. The molecule has 0 radical (unpaired) electrons. The number of hydrogen-bond donors (Lipinski definition) is 0. The molecule has 0 fully saturated rings. The van der Waals surface area contributed by atoms with Gasteiger partial charge in [-0.15, -0.1) is 0 Å². The maximum atomic E-state index is 6.20. The molecule has 0 bridgehead atoms. The summed E-state index contributed by atoms with van der Waals surface area (Å²) in [6.45, 7) is 3.81. The molecule has 0 saturated heterocycles. The van der Waals surface area contributed by atoms with E-state index < -0.39 is 0 Å². The zero-order valence-electron chi connectivity index (χ0n) is 16.2. The average molecular weight is 384 g/mol. The van der Waals surface area contributed by atoms with Crippen molar-refractivity contribution in [2.45, 2.75) is 13.8 Å². The van der Waals surface area contributed by atoms with Gasteiger partial charge in [0.2, 0.25) is 0 Å². The molecule has 0 aliphatic rings. The van der Waals surface area contributed by atoms with E-state index in [-0.39, 0.29) is 0 Å². The molecule has 0 N–H and O–H groups in total. The van der Waals surface area contributed by atoms with E-state index in [1.165, 1.54) is 0 Å². The normalized spacial score (nSPS) is 12.2. The first-order valence-electron chi connectivity index (χ1n) is 9.25. The zero-order valence-corrected chi connectivity index (χ0v) is 16.2. The van der Waals surface area contributed by atoms with E-state index >= 15 is 0 Å². The summed E-state index contributed by atoms with van der Waals surface area (Å²) in [4.78, 5) is 9.35. The third-order valence-corrected chi connectivity index (χ3v) is 4.28. The van der Waals surface area contributed by atoms with Crippen LogP contribution >= 0.6 is 0 Å². The Labute approximate surface area is 169 Å². The van der Waals surface area contributed by atoms with E-state index in [0.29, 0.717) is 22.9 Å². The molecule has 2 aromatic heterocycles. The van der Waals surface area contributed by atoms with Crippen LogP contribution in [0, 0.1) is 0 Å². The first kappa shape index (κ1) is 18.5. The number of benzene rings is 2. The fraction of sp³-hybridized carbons (Fsp3) is 0.0833. The highest BCUT2D eigenvalue weighted by Crippen LogP contribution is 2.37. The molecule has 4 aromatic rings. The second kappa shape index (κ2) is 8.44. The minimum atomic E-state index is 0.636. The molecule has 29 heavy (non-hydrogen) atoms. The van der Waals surface area contributed by atoms with Crippen LogP contribution in [0.25, 0.3) is 0 Å². The van der Waals surface area contributed by atoms with Crippen molar-refractivity contribution in [2.75, 3.05) is 0 Å². The lowest BCUT2D eigenvalue weighted by atomic mass is 10.2.